The molecule has 0 spiro atoms. The van der Waals surface area contributed by atoms with E-state index < -0.39 is 0 Å². The van der Waals surface area contributed by atoms with Crippen LogP contribution in [0.2, 0.25) is 0 Å². The highest BCUT2D eigenvalue weighted by Crippen LogP contribution is 2.08. The van der Waals surface area contributed by atoms with Crippen LogP contribution in [-0.2, 0) is 12.8 Å². The normalized spacial score (nSPS) is 11.0. The molecule has 6 heteroatoms. The molecule has 0 aliphatic carbocycles. The third-order valence-electron chi connectivity index (χ3n) is 3.84. The van der Waals surface area contributed by atoms with E-state index in [1.54, 1.807) is 11.3 Å². The summed E-state index contributed by atoms with van der Waals surface area (Å²) < 4.78 is 0. The van der Waals surface area contributed by atoms with Crippen LogP contribution in [0.3, 0.4) is 0 Å². The SMILES string of the molecule is CN=C(NCCCCCc1ccccc1)NCCc1csc(C)n1.I. The maximum absolute atomic E-state index is 4.47. The molecule has 25 heavy (non-hydrogen) atoms. The minimum atomic E-state index is 0. The van der Waals surface area contributed by atoms with Crippen LogP contribution in [0.4, 0.5) is 0 Å². The fourth-order valence-electron chi connectivity index (χ4n) is 2.54. The average Bonchev–Trinajstić information content (AvgIpc) is 3.02. The van der Waals surface area contributed by atoms with Crippen LogP contribution in [0.1, 0.15) is 35.5 Å². The van der Waals surface area contributed by atoms with Gasteiger partial charge in [0.05, 0.1) is 10.7 Å². The molecule has 1 aromatic carbocycles. The first-order valence-corrected chi connectivity index (χ1v) is 9.55. The van der Waals surface area contributed by atoms with Gasteiger partial charge in [0.25, 0.3) is 0 Å². The van der Waals surface area contributed by atoms with Crippen LogP contribution in [0.5, 0.6) is 0 Å². The van der Waals surface area contributed by atoms with E-state index in [2.05, 4.69) is 56.3 Å². The van der Waals surface area contributed by atoms with Crippen molar-refractivity contribution >= 4 is 41.3 Å². The van der Waals surface area contributed by atoms with Crippen molar-refractivity contribution in [3.05, 3.63) is 52.0 Å². The molecule has 0 atom stereocenters. The molecular weight excluding hydrogens is 443 g/mol. The van der Waals surface area contributed by atoms with Gasteiger partial charge in [0.2, 0.25) is 0 Å². The molecule has 0 amide bonds. The van der Waals surface area contributed by atoms with E-state index in [1.807, 2.05) is 14.0 Å². The number of nitrogens with zero attached hydrogens (tertiary/aromatic N) is 2. The first kappa shape index (κ1) is 21.9. The number of aryl methyl sites for hydroxylation is 2. The summed E-state index contributed by atoms with van der Waals surface area (Å²) in [6.45, 7) is 3.86. The fourth-order valence-corrected chi connectivity index (χ4v) is 3.18. The van der Waals surface area contributed by atoms with Gasteiger partial charge < -0.3 is 10.6 Å². The number of aliphatic imine (C=N–C) groups is 1. The number of nitrogens with one attached hydrogen (secondary N) is 2. The largest absolute Gasteiger partial charge is 0.356 e. The summed E-state index contributed by atoms with van der Waals surface area (Å²) in [5.41, 5.74) is 2.58. The second kappa shape index (κ2) is 13.1. The van der Waals surface area contributed by atoms with Crippen molar-refractivity contribution in [2.45, 2.75) is 39.0 Å². The number of aromatic nitrogens is 1. The van der Waals surface area contributed by atoms with E-state index in [9.17, 15) is 0 Å². The number of hydrogen-bond acceptors (Lipinski definition) is 3. The first-order valence-electron chi connectivity index (χ1n) is 8.67. The van der Waals surface area contributed by atoms with Gasteiger partial charge in [-0.2, -0.15) is 0 Å². The molecule has 0 aliphatic rings. The molecule has 2 aromatic rings. The van der Waals surface area contributed by atoms with Gasteiger partial charge in [0, 0.05) is 31.9 Å². The molecule has 2 rings (SSSR count). The van der Waals surface area contributed by atoms with Gasteiger partial charge in [-0.15, -0.1) is 35.3 Å². The quantitative estimate of drug-likeness (QED) is 0.249. The van der Waals surface area contributed by atoms with Crippen LogP contribution < -0.4 is 10.6 Å². The predicted molar refractivity (Wildman–Crippen MR) is 119 cm³/mol. The first-order chi connectivity index (χ1) is 11.8. The molecule has 4 nitrogen and oxygen atoms in total. The zero-order valence-electron chi connectivity index (χ0n) is 15.1. The number of benzene rings is 1. The minimum absolute atomic E-state index is 0. The van der Waals surface area contributed by atoms with E-state index >= 15 is 0 Å². The highest BCUT2D eigenvalue weighted by Gasteiger charge is 2.00. The lowest BCUT2D eigenvalue weighted by atomic mass is 10.1. The van der Waals surface area contributed by atoms with Gasteiger partial charge in [-0.1, -0.05) is 36.8 Å². The van der Waals surface area contributed by atoms with Crippen molar-refractivity contribution in [3.8, 4) is 0 Å². The fraction of sp³-hybridized carbons (Fsp3) is 0.474. The third kappa shape index (κ3) is 9.21. The summed E-state index contributed by atoms with van der Waals surface area (Å²) in [6.07, 6.45) is 5.74. The highest BCUT2D eigenvalue weighted by molar-refractivity contribution is 14.0. The van der Waals surface area contributed by atoms with Crippen molar-refractivity contribution in [1.29, 1.82) is 0 Å². The van der Waals surface area contributed by atoms with Crippen molar-refractivity contribution in [3.63, 3.8) is 0 Å². The number of halogens is 1. The average molecular weight is 472 g/mol. The zero-order valence-corrected chi connectivity index (χ0v) is 18.3. The summed E-state index contributed by atoms with van der Waals surface area (Å²) in [5, 5.41) is 9.98. The molecule has 0 fully saturated rings. The Morgan fingerprint density at radius 2 is 1.80 bits per heavy atom. The Morgan fingerprint density at radius 3 is 2.48 bits per heavy atom. The van der Waals surface area contributed by atoms with Crippen molar-refractivity contribution < 1.29 is 0 Å². The van der Waals surface area contributed by atoms with Crippen LogP contribution >= 0.6 is 35.3 Å². The highest BCUT2D eigenvalue weighted by atomic mass is 127. The Bertz CT molecular complexity index is 613. The second-order valence-corrected chi connectivity index (χ2v) is 6.89. The maximum atomic E-state index is 4.47. The lowest BCUT2D eigenvalue weighted by Crippen LogP contribution is -2.38. The van der Waals surface area contributed by atoms with Crippen LogP contribution in [0.15, 0.2) is 40.7 Å². The van der Waals surface area contributed by atoms with E-state index in [1.165, 1.54) is 31.2 Å². The molecule has 0 unspecified atom stereocenters. The van der Waals surface area contributed by atoms with Crippen molar-refractivity contribution in [1.82, 2.24) is 15.6 Å². The van der Waals surface area contributed by atoms with Gasteiger partial charge >= 0.3 is 0 Å². The monoisotopic (exact) mass is 472 g/mol. The molecule has 138 valence electrons. The molecule has 0 bridgehead atoms. The molecule has 0 aliphatic heterocycles. The van der Waals surface area contributed by atoms with Gasteiger partial charge in [-0.3, -0.25) is 4.99 Å². The molecule has 0 saturated carbocycles. The van der Waals surface area contributed by atoms with Gasteiger partial charge in [-0.25, -0.2) is 4.98 Å². The lowest BCUT2D eigenvalue weighted by Gasteiger charge is -2.11. The van der Waals surface area contributed by atoms with Crippen molar-refractivity contribution in [2.75, 3.05) is 20.1 Å². The minimum Gasteiger partial charge on any atom is -0.356 e. The molecule has 2 N–H and O–H groups in total. The smallest absolute Gasteiger partial charge is 0.190 e. The standard InChI is InChI=1S/C19H28N4S.HI/c1-16-23-18(15-24-16)12-14-22-19(20-2)21-13-8-4-7-11-17-9-5-3-6-10-17;/h3,5-6,9-10,15H,4,7-8,11-14H2,1-2H3,(H2,20,21,22);1H. The summed E-state index contributed by atoms with van der Waals surface area (Å²) in [5.74, 6) is 0.880. The Balaban J connectivity index is 0.00000312. The Labute approximate surface area is 172 Å². The Morgan fingerprint density at radius 1 is 1.04 bits per heavy atom. The van der Waals surface area contributed by atoms with Gasteiger partial charge in [0.15, 0.2) is 5.96 Å². The molecule has 0 radical (unpaired) electrons. The number of rotatable bonds is 9. The topological polar surface area (TPSA) is 49.3 Å². The molecule has 0 saturated heterocycles. The number of guanidine groups is 1. The predicted octanol–water partition coefficient (Wildman–Crippen LogP) is 4.19. The van der Waals surface area contributed by atoms with Crippen molar-refractivity contribution in [2.24, 2.45) is 4.99 Å². The van der Waals surface area contributed by atoms with E-state index in [0.717, 1.165) is 36.2 Å². The van der Waals surface area contributed by atoms with Crippen LogP contribution in [0, 0.1) is 6.92 Å². The van der Waals surface area contributed by atoms with Gasteiger partial charge in [0.1, 0.15) is 0 Å². The van der Waals surface area contributed by atoms with E-state index in [-0.39, 0.29) is 24.0 Å². The molecule has 1 heterocycles. The second-order valence-electron chi connectivity index (χ2n) is 5.83. The Kier molecular flexibility index (Phi) is 11.5. The third-order valence-corrected chi connectivity index (χ3v) is 4.66. The zero-order chi connectivity index (χ0) is 17.0. The molecule has 1 aromatic heterocycles. The summed E-state index contributed by atoms with van der Waals surface area (Å²) in [4.78, 5) is 8.74. The Hall–Kier alpha value is -1.15. The maximum Gasteiger partial charge on any atom is 0.190 e. The lowest BCUT2D eigenvalue weighted by molar-refractivity contribution is 0.655. The number of hydrogen-bond donors (Lipinski definition) is 2. The van der Waals surface area contributed by atoms with E-state index in [0.29, 0.717) is 0 Å². The summed E-state index contributed by atoms with van der Waals surface area (Å²) >= 11 is 1.70. The summed E-state index contributed by atoms with van der Waals surface area (Å²) in [6, 6.07) is 10.7. The van der Waals surface area contributed by atoms with Crippen LogP contribution in [0.25, 0.3) is 0 Å². The summed E-state index contributed by atoms with van der Waals surface area (Å²) in [7, 11) is 1.82. The van der Waals surface area contributed by atoms with E-state index in [4.69, 9.17) is 0 Å². The number of thiazole rings is 1. The van der Waals surface area contributed by atoms with Crippen LogP contribution in [-0.4, -0.2) is 31.1 Å². The van der Waals surface area contributed by atoms with Gasteiger partial charge in [-0.05, 0) is 31.7 Å². The number of unbranched alkanes of at least 4 members (excludes halogenated alkanes) is 2. The molecular formula is C19H29IN4S.